The standard InChI is InChI=1S/C17H19N3O4S/c1-11-15(16(21)20(3)17(22)19(11)2)25(23,24)18-14-10-6-8-12-7-4-5-9-13(12)14/h4-11,15,18H,1-3H3. The molecule has 0 radical (unpaired) electrons. The van der Waals surface area contributed by atoms with Crippen LogP contribution in [0.5, 0.6) is 0 Å². The molecule has 0 aromatic heterocycles. The first kappa shape index (κ1) is 17.2. The highest BCUT2D eigenvalue weighted by Crippen LogP contribution is 2.27. The molecule has 132 valence electrons. The minimum absolute atomic E-state index is 0.403. The van der Waals surface area contributed by atoms with Crippen LogP contribution in [0.1, 0.15) is 6.92 Å². The molecule has 0 bridgehead atoms. The lowest BCUT2D eigenvalue weighted by Crippen LogP contribution is -2.63. The van der Waals surface area contributed by atoms with Crippen LogP contribution in [0.25, 0.3) is 10.8 Å². The number of hydrogen-bond donors (Lipinski definition) is 1. The summed E-state index contributed by atoms with van der Waals surface area (Å²) in [7, 11) is -1.28. The van der Waals surface area contributed by atoms with Crippen molar-refractivity contribution >= 4 is 38.4 Å². The third kappa shape index (κ3) is 2.82. The smallest absolute Gasteiger partial charge is 0.323 e. The van der Waals surface area contributed by atoms with Gasteiger partial charge in [-0.05, 0) is 18.4 Å². The van der Waals surface area contributed by atoms with E-state index in [-0.39, 0.29) is 0 Å². The van der Waals surface area contributed by atoms with E-state index in [2.05, 4.69) is 4.72 Å². The minimum Gasteiger partial charge on any atom is -0.323 e. The quantitative estimate of drug-likeness (QED) is 0.904. The molecule has 2 atom stereocenters. The zero-order chi connectivity index (χ0) is 18.4. The number of anilines is 1. The molecule has 0 saturated carbocycles. The van der Waals surface area contributed by atoms with Crippen molar-refractivity contribution in [1.29, 1.82) is 0 Å². The molecule has 7 nitrogen and oxygen atoms in total. The molecule has 8 heteroatoms. The number of imide groups is 1. The summed E-state index contributed by atoms with van der Waals surface area (Å²) in [5, 5.41) is 0.247. The van der Waals surface area contributed by atoms with Gasteiger partial charge in [0.25, 0.3) is 5.91 Å². The van der Waals surface area contributed by atoms with Crippen molar-refractivity contribution in [2.24, 2.45) is 0 Å². The molecule has 1 heterocycles. The van der Waals surface area contributed by atoms with Gasteiger partial charge in [0, 0.05) is 19.5 Å². The van der Waals surface area contributed by atoms with Crippen LogP contribution in [0.4, 0.5) is 10.5 Å². The number of fused-ring (bicyclic) bond motifs is 1. The number of urea groups is 1. The van der Waals surface area contributed by atoms with Crippen molar-refractivity contribution in [1.82, 2.24) is 9.80 Å². The van der Waals surface area contributed by atoms with E-state index in [1.165, 1.54) is 19.0 Å². The van der Waals surface area contributed by atoms with Crippen molar-refractivity contribution in [3.05, 3.63) is 42.5 Å². The predicted octanol–water partition coefficient (Wildman–Crippen LogP) is 1.86. The molecule has 2 aromatic carbocycles. The van der Waals surface area contributed by atoms with Gasteiger partial charge in [-0.25, -0.2) is 13.2 Å². The van der Waals surface area contributed by atoms with E-state index in [0.29, 0.717) is 5.69 Å². The van der Waals surface area contributed by atoms with Gasteiger partial charge in [0.05, 0.1) is 11.7 Å². The Labute approximate surface area is 146 Å². The number of nitrogens with zero attached hydrogens (tertiary/aromatic N) is 2. The van der Waals surface area contributed by atoms with E-state index >= 15 is 0 Å². The normalized spacial score (nSPS) is 21.7. The fourth-order valence-electron chi connectivity index (χ4n) is 3.03. The number of benzene rings is 2. The number of rotatable bonds is 3. The maximum atomic E-state index is 12.9. The summed E-state index contributed by atoms with van der Waals surface area (Å²) in [6, 6.07) is 11.3. The van der Waals surface area contributed by atoms with Crippen LogP contribution in [0.15, 0.2) is 42.5 Å². The van der Waals surface area contributed by atoms with E-state index in [1.807, 2.05) is 24.3 Å². The summed E-state index contributed by atoms with van der Waals surface area (Å²) in [6.07, 6.45) is 0. The molecule has 1 N–H and O–H groups in total. The first-order valence-electron chi connectivity index (χ1n) is 7.78. The Balaban J connectivity index is 2.01. The average Bonchev–Trinajstić information content (AvgIpc) is 2.58. The topological polar surface area (TPSA) is 86.8 Å². The maximum absolute atomic E-state index is 12.9. The van der Waals surface area contributed by atoms with Crippen molar-refractivity contribution in [2.45, 2.75) is 18.2 Å². The van der Waals surface area contributed by atoms with Gasteiger partial charge >= 0.3 is 6.03 Å². The van der Waals surface area contributed by atoms with E-state index in [9.17, 15) is 18.0 Å². The summed E-state index contributed by atoms with van der Waals surface area (Å²) >= 11 is 0. The second-order valence-electron chi connectivity index (χ2n) is 6.13. The van der Waals surface area contributed by atoms with Crippen LogP contribution in [-0.2, 0) is 14.8 Å². The Morgan fingerprint density at radius 3 is 2.36 bits per heavy atom. The molecule has 1 fully saturated rings. The Hall–Kier alpha value is -2.61. The highest BCUT2D eigenvalue weighted by atomic mass is 32.2. The SMILES string of the molecule is CC1C(S(=O)(=O)Nc2cccc3ccccc23)C(=O)N(C)C(=O)N1C. The van der Waals surface area contributed by atoms with Gasteiger partial charge in [-0.15, -0.1) is 0 Å². The van der Waals surface area contributed by atoms with E-state index in [4.69, 9.17) is 0 Å². The summed E-state index contributed by atoms with van der Waals surface area (Å²) in [5.74, 6) is -0.733. The second kappa shape index (κ2) is 6.03. The number of nitrogens with one attached hydrogen (secondary N) is 1. The lowest BCUT2D eigenvalue weighted by atomic mass is 10.1. The number of carbonyl (C=O) groups is 2. The molecular weight excluding hydrogens is 342 g/mol. The monoisotopic (exact) mass is 361 g/mol. The van der Waals surface area contributed by atoms with E-state index in [1.54, 1.807) is 25.1 Å². The summed E-state index contributed by atoms with van der Waals surface area (Å²) < 4.78 is 28.4. The van der Waals surface area contributed by atoms with Crippen molar-refractivity contribution in [2.75, 3.05) is 18.8 Å². The fourth-order valence-corrected chi connectivity index (χ4v) is 4.76. The average molecular weight is 361 g/mol. The maximum Gasteiger partial charge on any atom is 0.326 e. The first-order chi connectivity index (χ1) is 11.7. The van der Waals surface area contributed by atoms with Gasteiger partial charge in [0.2, 0.25) is 10.0 Å². The molecule has 3 amide bonds. The molecule has 0 aliphatic carbocycles. The predicted molar refractivity (Wildman–Crippen MR) is 95.7 cm³/mol. The van der Waals surface area contributed by atoms with Gasteiger partial charge in [-0.1, -0.05) is 36.4 Å². The molecule has 2 unspecified atom stereocenters. The van der Waals surface area contributed by atoms with Gasteiger partial charge in [0.15, 0.2) is 5.25 Å². The lowest BCUT2D eigenvalue weighted by Gasteiger charge is -2.39. The Morgan fingerprint density at radius 1 is 1.00 bits per heavy atom. The van der Waals surface area contributed by atoms with Crippen LogP contribution in [0, 0.1) is 0 Å². The summed E-state index contributed by atoms with van der Waals surface area (Å²) in [6.45, 7) is 1.55. The Bertz CT molecular complexity index is 952. The van der Waals surface area contributed by atoms with Crippen molar-refractivity contribution < 1.29 is 18.0 Å². The molecule has 2 aromatic rings. The van der Waals surface area contributed by atoms with E-state index in [0.717, 1.165) is 15.7 Å². The molecule has 3 rings (SSSR count). The molecular formula is C17H19N3O4S. The second-order valence-corrected chi connectivity index (χ2v) is 7.93. The highest BCUT2D eigenvalue weighted by Gasteiger charge is 2.48. The van der Waals surface area contributed by atoms with Crippen LogP contribution < -0.4 is 4.72 Å². The van der Waals surface area contributed by atoms with Crippen LogP contribution in [-0.4, -0.2) is 55.5 Å². The minimum atomic E-state index is -4.05. The van der Waals surface area contributed by atoms with Crippen LogP contribution in [0.2, 0.25) is 0 Å². The number of sulfonamides is 1. The molecule has 1 aliphatic heterocycles. The van der Waals surface area contributed by atoms with Gasteiger partial charge in [0.1, 0.15) is 0 Å². The first-order valence-corrected chi connectivity index (χ1v) is 9.32. The lowest BCUT2D eigenvalue weighted by molar-refractivity contribution is -0.130. The van der Waals surface area contributed by atoms with Crippen LogP contribution in [0.3, 0.4) is 0 Å². The van der Waals surface area contributed by atoms with Gasteiger partial charge < -0.3 is 4.90 Å². The third-order valence-electron chi connectivity index (χ3n) is 4.59. The van der Waals surface area contributed by atoms with E-state index < -0.39 is 33.3 Å². The third-order valence-corrected chi connectivity index (χ3v) is 6.36. The zero-order valence-corrected chi connectivity index (χ0v) is 14.9. The van der Waals surface area contributed by atoms with Gasteiger partial charge in [-0.3, -0.25) is 14.4 Å². The Kier molecular flexibility index (Phi) is 4.16. The molecule has 25 heavy (non-hydrogen) atoms. The molecule has 1 aliphatic rings. The summed E-state index contributed by atoms with van der Waals surface area (Å²) in [5.41, 5.74) is 0.403. The number of carbonyl (C=O) groups excluding carboxylic acids is 2. The van der Waals surface area contributed by atoms with Crippen LogP contribution >= 0.6 is 0 Å². The zero-order valence-electron chi connectivity index (χ0n) is 14.1. The number of amides is 3. The largest absolute Gasteiger partial charge is 0.326 e. The highest BCUT2D eigenvalue weighted by molar-refractivity contribution is 7.94. The van der Waals surface area contributed by atoms with Crippen molar-refractivity contribution in [3.8, 4) is 0 Å². The van der Waals surface area contributed by atoms with Gasteiger partial charge in [-0.2, -0.15) is 0 Å². The fraction of sp³-hybridized carbons (Fsp3) is 0.294. The summed E-state index contributed by atoms with van der Waals surface area (Å²) in [4.78, 5) is 26.5. The molecule has 1 saturated heterocycles. The number of hydrogen-bond acceptors (Lipinski definition) is 4. The molecule has 0 spiro atoms. The Morgan fingerprint density at radius 2 is 1.64 bits per heavy atom. The van der Waals surface area contributed by atoms with Crippen molar-refractivity contribution in [3.63, 3.8) is 0 Å².